The zero-order valence-electron chi connectivity index (χ0n) is 13.3. The van der Waals surface area contributed by atoms with Crippen LogP contribution in [0.15, 0.2) is 0 Å². The Bertz CT molecular complexity index is 649. The summed E-state index contributed by atoms with van der Waals surface area (Å²) in [6.45, 7) is 6.10. The van der Waals surface area contributed by atoms with E-state index in [0.717, 1.165) is 42.9 Å². The number of nitrogens with zero attached hydrogens (tertiary/aromatic N) is 3. The molecule has 2 aliphatic carbocycles. The second kappa shape index (κ2) is 4.91. The number of nitrogens with one attached hydrogen (secondary N) is 1. The van der Waals surface area contributed by atoms with Crippen molar-refractivity contribution in [1.82, 2.24) is 19.7 Å². The predicted molar refractivity (Wildman–Crippen MR) is 86.1 cm³/mol. The molecular weight excluding hydrogens is 296 g/mol. The van der Waals surface area contributed by atoms with Crippen LogP contribution in [0, 0.1) is 16.1 Å². The van der Waals surface area contributed by atoms with Gasteiger partial charge in [-0.15, -0.1) is 0 Å². The normalized spacial score (nSPS) is 27.9. The molecule has 2 saturated carbocycles. The number of amides is 1. The quantitative estimate of drug-likeness (QED) is 0.871. The van der Waals surface area contributed by atoms with Crippen LogP contribution in [0.5, 0.6) is 0 Å². The van der Waals surface area contributed by atoms with Gasteiger partial charge in [-0.3, -0.25) is 9.89 Å². The number of aromatic amines is 1. The third-order valence-electron chi connectivity index (χ3n) is 5.63. The second-order valence-electron chi connectivity index (χ2n) is 7.83. The summed E-state index contributed by atoms with van der Waals surface area (Å²) in [5.41, 5.74) is 0.225. The molecule has 0 radical (unpaired) electrons. The Labute approximate surface area is 136 Å². The van der Waals surface area contributed by atoms with Gasteiger partial charge in [0, 0.05) is 31.0 Å². The van der Waals surface area contributed by atoms with Crippen molar-refractivity contribution in [2.75, 3.05) is 13.1 Å². The number of aromatic nitrogens is 3. The van der Waals surface area contributed by atoms with Crippen molar-refractivity contribution >= 4 is 18.1 Å². The van der Waals surface area contributed by atoms with E-state index in [1.807, 2.05) is 0 Å². The number of hydrogen-bond donors (Lipinski definition) is 1. The van der Waals surface area contributed by atoms with Gasteiger partial charge in [-0.1, -0.05) is 13.8 Å². The first-order valence-electron chi connectivity index (χ1n) is 8.43. The fourth-order valence-electron chi connectivity index (χ4n) is 3.76. The number of carbonyl (C=O) groups excluding carboxylic acids is 1. The van der Waals surface area contributed by atoms with Gasteiger partial charge in [0.15, 0.2) is 4.77 Å². The Morgan fingerprint density at radius 3 is 2.45 bits per heavy atom. The summed E-state index contributed by atoms with van der Waals surface area (Å²) in [4.78, 5) is 14.6. The Morgan fingerprint density at radius 2 is 1.91 bits per heavy atom. The molecule has 4 rings (SSSR count). The van der Waals surface area contributed by atoms with Crippen LogP contribution in [0.25, 0.3) is 0 Å². The molecule has 3 aliphatic rings. The highest BCUT2D eigenvalue weighted by molar-refractivity contribution is 7.71. The third-order valence-corrected chi connectivity index (χ3v) is 5.92. The largest absolute Gasteiger partial charge is 0.342 e. The maximum Gasteiger partial charge on any atom is 0.226 e. The van der Waals surface area contributed by atoms with Crippen LogP contribution in [0.1, 0.15) is 63.7 Å². The molecule has 5 nitrogen and oxygen atoms in total. The zero-order valence-corrected chi connectivity index (χ0v) is 14.2. The summed E-state index contributed by atoms with van der Waals surface area (Å²) >= 11 is 5.37. The van der Waals surface area contributed by atoms with Crippen LogP contribution in [0.2, 0.25) is 0 Å². The topological polar surface area (TPSA) is 53.9 Å². The van der Waals surface area contributed by atoms with Crippen molar-refractivity contribution in [3.8, 4) is 0 Å². The van der Waals surface area contributed by atoms with Crippen LogP contribution in [-0.2, 0) is 4.79 Å². The third kappa shape index (κ3) is 2.41. The molecule has 1 aromatic heterocycles. The molecule has 1 aliphatic heterocycles. The highest BCUT2D eigenvalue weighted by atomic mass is 32.1. The van der Waals surface area contributed by atoms with Gasteiger partial charge in [0.1, 0.15) is 5.82 Å². The first-order chi connectivity index (χ1) is 10.5. The van der Waals surface area contributed by atoms with Gasteiger partial charge in [-0.25, -0.2) is 0 Å². The molecule has 1 aromatic rings. The van der Waals surface area contributed by atoms with Crippen molar-refractivity contribution in [2.24, 2.45) is 11.3 Å². The lowest BCUT2D eigenvalue weighted by molar-refractivity contribution is -0.134. The van der Waals surface area contributed by atoms with Crippen LogP contribution in [0.3, 0.4) is 0 Å². The monoisotopic (exact) mass is 320 g/mol. The molecule has 22 heavy (non-hydrogen) atoms. The minimum Gasteiger partial charge on any atom is -0.342 e. The molecule has 1 saturated heterocycles. The van der Waals surface area contributed by atoms with E-state index >= 15 is 0 Å². The van der Waals surface area contributed by atoms with Crippen LogP contribution in [0.4, 0.5) is 0 Å². The van der Waals surface area contributed by atoms with E-state index in [0.29, 0.717) is 17.9 Å². The summed E-state index contributed by atoms with van der Waals surface area (Å²) in [6.07, 6.45) is 5.49. The number of piperidine rings is 1. The zero-order chi connectivity index (χ0) is 15.5. The lowest BCUT2D eigenvalue weighted by Gasteiger charge is -2.32. The number of hydrogen-bond acceptors (Lipinski definition) is 3. The van der Waals surface area contributed by atoms with Crippen molar-refractivity contribution in [1.29, 1.82) is 0 Å². The molecule has 1 unspecified atom stereocenters. The number of rotatable bonds is 3. The van der Waals surface area contributed by atoms with Crippen molar-refractivity contribution < 1.29 is 4.79 Å². The maximum atomic E-state index is 12.5. The van der Waals surface area contributed by atoms with Gasteiger partial charge in [0.05, 0.1) is 0 Å². The van der Waals surface area contributed by atoms with Crippen molar-refractivity contribution in [2.45, 2.75) is 57.9 Å². The van der Waals surface area contributed by atoms with Crippen molar-refractivity contribution in [3.63, 3.8) is 0 Å². The smallest absolute Gasteiger partial charge is 0.226 e. The molecule has 6 heteroatoms. The Kier molecular flexibility index (Phi) is 3.22. The molecule has 1 amide bonds. The van der Waals surface area contributed by atoms with Crippen LogP contribution in [-0.4, -0.2) is 38.7 Å². The highest BCUT2D eigenvalue weighted by Gasteiger charge is 2.52. The Hall–Kier alpha value is -1.17. The van der Waals surface area contributed by atoms with Gasteiger partial charge >= 0.3 is 0 Å². The summed E-state index contributed by atoms with van der Waals surface area (Å²) in [6, 6.07) is 0.563. The van der Waals surface area contributed by atoms with Gasteiger partial charge in [0.25, 0.3) is 0 Å². The minimum atomic E-state index is 0.225. The van der Waals surface area contributed by atoms with Gasteiger partial charge in [-0.05, 0) is 49.7 Å². The molecule has 3 fully saturated rings. The average Bonchev–Trinajstić information content (AvgIpc) is 3.40. The lowest BCUT2D eigenvalue weighted by Crippen LogP contribution is -2.39. The summed E-state index contributed by atoms with van der Waals surface area (Å²) in [5, 5.41) is 7.45. The highest BCUT2D eigenvalue weighted by Crippen LogP contribution is 2.52. The van der Waals surface area contributed by atoms with Gasteiger partial charge in [-0.2, -0.15) is 5.10 Å². The Morgan fingerprint density at radius 1 is 1.27 bits per heavy atom. The van der Waals surface area contributed by atoms with E-state index in [1.54, 1.807) is 0 Å². The molecule has 0 bridgehead atoms. The fraction of sp³-hybridized carbons (Fsp3) is 0.812. The van der Waals surface area contributed by atoms with Crippen LogP contribution >= 0.6 is 12.2 Å². The molecule has 2 heterocycles. The van der Waals surface area contributed by atoms with E-state index in [9.17, 15) is 4.79 Å². The maximum absolute atomic E-state index is 12.5. The molecule has 0 spiro atoms. The lowest BCUT2D eigenvalue weighted by atomic mass is 9.95. The van der Waals surface area contributed by atoms with E-state index < -0.39 is 0 Å². The average molecular weight is 320 g/mol. The molecule has 1 N–H and O–H groups in total. The van der Waals surface area contributed by atoms with E-state index in [4.69, 9.17) is 12.2 Å². The van der Waals surface area contributed by atoms with E-state index in [2.05, 4.69) is 33.5 Å². The molecular formula is C16H24N4OS. The molecule has 1 atom stereocenters. The second-order valence-corrected chi connectivity index (χ2v) is 8.22. The number of carbonyl (C=O) groups is 1. The van der Waals surface area contributed by atoms with E-state index in [-0.39, 0.29) is 11.3 Å². The van der Waals surface area contributed by atoms with Gasteiger partial charge < -0.3 is 9.47 Å². The fourth-order valence-corrected chi connectivity index (χ4v) is 4.05. The molecule has 0 aromatic carbocycles. The van der Waals surface area contributed by atoms with E-state index in [1.165, 1.54) is 12.8 Å². The minimum absolute atomic E-state index is 0.225. The van der Waals surface area contributed by atoms with Gasteiger partial charge in [0.2, 0.25) is 5.91 Å². The first-order valence-corrected chi connectivity index (χ1v) is 8.84. The summed E-state index contributed by atoms with van der Waals surface area (Å²) in [5.74, 6) is 2.17. The summed E-state index contributed by atoms with van der Waals surface area (Å²) in [7, 11) is 0. The standard InChI is InChI=1S/C16H24N4OS/c1-16(2)9-12(16)14(21)19-7-5-10(6-8-19)13-17-18-15(22)20(13)11-3-4-11/h10-12H,3-9H2,1-2H3,(H,18,22). The SMILES string of the molecule is CC1(C)CC1C(=O)N1CCC(c2n[nH]c(=S)n2C2CC2)CC1. The van der Waals surface area contributed by atoms with Crippen molar-refractivity contribution in [3.05, 3.63) is 10.6 Å². The van der Waals surface area contributed by atoms with Crippen LogP contribution < -0.4 is 0 Å². The first kappa shape index (κ1) is 14.4. The summed E-state index contributed by atoms with van der Waals surface area (Å²) < 4.78 is 2.98. The Balaban J connectivity index is 1.42. The number of likely N-dealkylation sites (tertiary alicyclic amines) is 1. The molecule has 120 valence electrons. The predicted octanol–water partition coefficient (Wildman–Crippen LogP) is 3.03. The number of H-pyrrole nitrogens is 1.